The normalized spacial score (nSPS) is 16.6. The molecule has 0 saturated carbocycles. The number of para-hydroxylation sites is 1. The van der Waals surface area contributed by atoms with Gasteiger partial charge in [0.25, 0.3) is 5.91 Å². The zero-order chi connectivity index (χ0) is 16.8. The average molecular weight is 340 g/mol. The van der Waals surface area contributed by atoms with E-state index in [0.29, 0.717) is 17.1 Å². The van der Waals surface area contributed by atoms with E-state index in [4.69, 9.17) is 11.6 Å². The molecule has 0 saturated heterocycles. The molecule has 0 fully saturated rings. The summed E-state index contributed by atoms with van der Waals surface area (Å²) in [7, 11) is 0. The van der Waals surface area contributed by atoms with E-state index in [-0.39, 0.29) is 11.9 Å². The highest BCUT2D eigenvalue weighted by atomic mass is 35.5. The molecule has 0 aliphatic carbocycles. The van der Waals surface area contributed by atoms with Crippen LogP contribution < -0.4 is 4.90 Å². The van der Waals surface area contributed by atoms with Crippen molar-refractivity contribution in [2.24, 2.45) is 0 Å². The summed E-state index contributed by atoms with van der Waals surface area (Å²) in [4.78, 5) is 19.9. The number of amides is 1. The zero-order valence-corrected chi connectivity index (χ0v) is 14.4. The van der Waals surface area contributed by atoms with Crippen LogP contribution >= 0.6 is 11.6 Å². The molecule has 3 aromatic rings. The van der Waals surface area contributed by atoms with Gasteiger partial charge in [0.15, 0.2) is 0 Å². The van der Waals surface area contributed by atoms with E-state index in [1.807, 2.05) is 40.5 Å². The molecule has 3 heterocycles. The molecular formula is C19H18ClN3O. The lowest BCUT2D eigenvalue weighted by Gasteiger charge is -2.23. The maximum Gasteiger partial charge on any atom is 0.277 e. The van der Waals surface area contributed by atoms with Crippen molar-refractivity contribution in [2.45, 2.75) is 32.7 Å². The van der Waals surface area contributed by atoms with Gasteiger partial charge in [0.05, 0.1) is 10.7 Å². The molecule has 1 aliphatic heterocycles. The molecule has 2 aromatic heterocycles. The van der Waals surface area contributed by atoms with Crippen molar-refractivity contribution in [1.29, 1.82) is 0 Å². The fourth-order valence-corrected chi connectivity index (χ4v) is 3.69. The minimum atomic E-state index is -0.0148. The second-order valence-electron chi connectivity index (χ2n) is 6.19. The lowest BCUT2D eigenvalue weighted by atomic mass is 10.1. The highest BCUT2D eigenvalue weighted by Gasteiger charge is 2.34. The molecule has 1 aliphatic rings. The summed E-state index contributed by atoms with van der Waals surface area (Å²) >= 11 is 6.14. The van der Waals surface area contributed by atoms with Crippen molar-refractivity contribution in [3.63, 3.8) is 0 Å². The van der Waals surface area contributed by atoms with Gasteiger partial charge in [-0.05, 0) is 43.5 Å². The third-order valence-electron chi connectivity index (χ3n) is 4.62. The molecule has 122 valence electrons. The molecule has 5 heteroatoms. The van der Waals surface area contributed by atoms with Gasteiger partial charge in [-0.3, -0.25) is 9.20 Å². The van der Waals surface area contributed by atoms with E-state index in [2.05, 4.69) is 18.0 Å². The topological polar surface area (TPSA) is 37.6 Å². The number of halogens is 1. The third-order valence-corrected chi connectivity index (χ3v) is 4.84. The van der Waals surface area contributed by atoms with E-state index < -0.39 is 0 Å². The van der Waals surface area contributed by atoms with Crippen molar-refractivity contribution in [3.8, 4) is 0 Å². The number of aryl methyl sites for hydroxylation is 1. The van der Waals surface area contributed by atoms with Crippen molar-refractivity contribution < 1.29 is 4.79 Å². The number of hydrogen-bond donors (Lipinski definition) is 0. The Bertz CT molecular complexity index is 947. The van der Waals surface area contributed by atoms with Gasteiger partial charge >= 0.3 is 0 Å². The number of nitrogens with zero attached hydrogens (tertiary/aromatic N) is 3. The summed E-state index contributed by atoms with van der Waals surface area (Å²) in [5, 5.41) is 0.589. The zero-order valence-electron chi connectivity index (χ0n) is 13.7. The van der Waals surface area contributed by atoms with Gasteiger partial charge in [-0.25, -0.2) is 4.98 Å². The number of carbonyl (C=O) groups is 1. The summed E-state index contributed by atoms with van der Waals surface area (Å²) in [5.41, 5.74) is 4.37. The van der Waals surface area contributed by atoms with Gasteiger partial charge < -0.3 is 4.90 Å². The SMILES string of the molecule is CCc1nc2ccc(Cl)cn2c1C(=O)N1c2ccccc2CC1C. The number of fused-ring (bicyclic) bond motifs is 2. The fourth-order valence-electron chi connectivity index (χ4n) is 3.53. The van der Waals surface area contributed by atoms with Crippen LogP contribution in [-0.2, 0) is 12.8 Å². The Kier molecular flexibility index (Phi) is 3.57. The second-order valence-corrected chi connectivity index (χ2v) is 6.63. The van der Waals surface area contributed by atoms with Crippen LogP contribution in [0.15, 0.2) is 42.6 Å². The predicted octanol–water partition coefficient (Wildman–Crippen LogP) is 4.14. The Morgan fingerprint density at radius 2 is 2.08 bits per heavy atom. The highest BCUT2D eigenvalue weighted by Crippen LogP contribution is 2.33. The van der Waals surface area contributed by atoms with E-state index >= 15 is 0 Å². The molecule has 1 atom stereocenters. The number of imidazole rings is 1. The first-order valence-electron chi connectivity index (χ1n) is 8.18. The maximum absolute atomic E-state index is 13.4. The van der Waals surface area contributed by atoms with E-state index in [9.17, 15) is 4.79 Å². The number of rotatable bonds is 2. The molecule has 0 N–H and O–H groups in total. The number of benzene rings is 1. The molecule has 0 bridgehead atoms. The molecule has 0 radical (unpaired) electrons. The summed E-state index contributed by atoms with van der Waals surface area (Å²) in [6.45, 7) is 4.10. The van der Waals surface area contributed by atoms with Crippen LogP contribution in [0.4, 0.5) is 5.69 Å². The summed E-state index contributed by atoms with van der Waals surface area (Å²) in [6, 6.07) is 11.9. The predicted molar refractivity (Wildman–Crippen MR) is 96.0 cm³/mol. The average Bonchev–Trinajstić information content (AvgIpc) is 3.10. The third kappa shape index (κ3) is 2.21. The molecule has 24 heavy (non-hydrogen) atoms. The van der Waals surface area contributed by atoms with E-state index in [1.165, 1.54) is 5.56 Å². The summed E-state index contributed by atoms with van der Waals surface area (Å²) < 4.78 is 1.82. The van der Waals surface area contributed by atoms with Crippen LogP contribution in [0, 0.1) is 0 Å². The maximum atomic E-state index is 13.4. The van der Waals surface area contributed by atoms with Crippen LogP contribution in [-0.4, -0.2) is 21.3 Å². The van der Waals surface area contributed by atoms with Crippen molar-refractivity contribution in [1.82, 2.24) is 9.38 Å². The number of aromatic nitrogens is 2. The summed E-state index contributed by atoms with van der Waals surface area (Å²) in [6.07, 6.45) is 3.34. The highest BCUT2D eigenvalue weighted by molar-refractivity contribution is 6.30. The van der Waals surface area contributed by atoms with E-state index in [1.54, 1.807) is 12.3 Å². The van der Waals surface area contributed by atoms with Gasteiger partial charge in [0.2, 0.25) is 0 Å². The minimum Gasteiger partial charge on any atom is -0.304 e. The van der Waals surface area contributed by atoms with Gasteiger partial charge in [0, 0.05) is 17.9 Å². The Morgan fingerprint density at radius 1 is 1.29 bits per heavy atom. The molecule has 0 spiro atoms. The molecule has 4 nitrogen and oxygen atoms in total. The Balaban J connectivity index is 1.89. The van der Waals surface area contributed by atoms with Crippen LogP contribution in [0.1, 0.15) is 35.6 Å². The lowest BCUT2D eigenvalue weighted by Crippen LogP contribution is -2.37. The molecule has 1 amide bonds. The largest absolute Gasteiger partial charge is 0.304 e. The molecule has 4 rings (SSSR count). The quantitative estimate of drug-likeness (QED) is 0.703. The Hall–Kier alpha value is -2.33. The van der Waals surface area contributed by atoms with Crippen LogP contribution in [0.25, 0.3) is 5.65 Å². The van der Waals surface area contributed by atoms with E-state index in [0.717, 1.165) is 23.4 Å². The van der Waals surface area contributed by atoms with Gasteiger partial charge in [-0.2, -0.15) is 0 Å². The number of hydrogen-bond acceptors (Lipinski definition) is 2. The number of anilines is 1. The van der Waals surface area contributed by atoms with Crippen LogP contribution in [0.3, 0.4) is 0 Å². The van der Waals surface area contributed by atoms with Crippen LogP contribution in [0.5, 0.6) is 0 Å². The van der Waals surface area contributed by atoms with Crippen molar-refractivity contribution >= 4 is 28.8 Å². The van der Waals surface area contributed by atoms with Gasteiger partial charge in [-0.15, -0.1) is 0 Å². The number of carbonyl (C=O) groups excluding carboxylic acids is 1. The minimum absolute atomic E-state index is 0.0148. The smallest absolute Gasteiger partial charge is 0.277 e. The monoisotopic (exact) mass is 339 g/mol. The molecular weight excluding hydrogens is 322 g/mol. The van der Waals surface area contributed by atoms with Crippen LogP contribution in [0.2, 0.25) is 5.02 Å². The standard InChI is InChI=1S/C19H18ClN3O/c1-3-15-18(22-11-14(20)8-9-17(22)21-15)19(24)23-12(2)10-13-6-4-5-7-16(13)23/h4-9,11-12H,3,10H2,1-2H3. The molecule has 1 aromatic carbocycles. The lowest BCUT2D eigenvalue weighted by molar-refractivity contribution is 0.0975. The van der Waals surface area contributed by atoms with Crippen molar-refractivity contribution in [3.05, 3.63) is 64.6 Å². The fraction of sp³-hybridized carbons (Fsp3) is 0.263. The Morgan fingerprint density at radius 3 is 2.88 bits per heavy atom. The first-order valence-corrected chi connectivity index (χ1v) is 8.56. The first kappa shape index (κ1) is 15.2. The first-order chi connectivity index (χ1) is 11.6. The second kappa shape index (κ2) is 5.64. The molecule has 1 unspecified atom stereocenters. The van der Waals surface area contributed by atoms with Crippen molar-refractivity contribution in [2.75, 3.05) is 4.90 Å². The number of pyridine rings is 1. The Labute approximate surface area is 145 Å². The summed E-state index contributed by atoms with van der Waals surface area (Å²) in [5.74, 6) is -0.0148. The van der Waals surface area contributed by atoms with Gasteiger partial charge in [-0.1, -0.05) is 36.7 Å². The van der Waals surface area contributed by atoms with Gasteiger partial charge in [0.1, 0.15) is 11.3 Å².